The van der Waals surface area contributed by atoms with Crippen molar-refractivity contribution in [1.82, 2.24) is 13.8 Å². The molecule has 30 heavy (non-hydrogen) atoms. The van der Waals surface area contributed by atoms with Gasteiger partial charge in [0.1, 0.15) is 5.82 Å². The van der Waals surface area contributed by atoms with E-state index in [1.54, 1.807) is 20.0 Å². The molecule has 1 saturated heterocycles. The van der Waals surface area contributed by atoms with Crippen LogP contribution in [0.4, 0.5) is 4.39 Å². The molecule has 0 amide bonds. The molecular weight excluding hydrogens is 405 g/mol. The fraction of sp³-hybridized carbons (Fsp3) is 0.500. The Morgan fingerprint density at radius 2 is 1.80 bits per heavy atom. The van der Waals surface area contributed by atoms with Gasteiger partial charge in [-0.3, -0.25) is 9.69 Å². The molecule has 1 aromatic carbocycles. The van der Waals surface area contributed by atoms with Crippen molar-refractivity contribution in [1.29, 1.82) is 0 Å². The third kappa shape index (κ3) is 4.66. The van der Waals surface area contributed by atoms with Gasteiger partial charge in [-0.05, 0) is 57.4 Å². The smallest absolute Gasteiger partial charge is 0.211 e. The van der Waals surface area contributed by atoms with E-state index in [9.17, 15) is 17.6 Å². The van der Waals surface area contributed by atoms with E-state index in [0.29, 0.717) is 49.3 Å². The van der Waals surface area contributed by atoms with Crippen molar-refractivity contribution in [3.05, 3.63) is 52.6 Å². The molecule has 0 N–H and O–H groups in total. The molecule has 2 heterocycles. The lowest BCUT2D eigenvalue weighted by molar-refractivity contribution is 0.0890. The maximum Gasteiger partial charge on any atom is 0.211 e. The first-order chi connectivity index (χ1) is 14.0. The molecular formula is C22H30FN3O3S. The van der Waals surface area contributed by atoms with Crippen LogP contribution in [0.1, 0.15) is 40.2 Å². The fourth-order valence-electron chi connectivity index (χ4n) is 4.16. The van der Waals surface area contributed by atoms with Gasteiger partial charge in [0, 0.05) is 48.8 Å². The summed E-state index contributed by atoms with van der Waals surface area (Å²) in [5, 5.41) is 0. The summed E-state index contributed by atoms with van der Waals surface area (Å²) >= 11 is 0. The van der Waals surface area contributed by atoms with Crippen LogP contribution in [0.5, 0.6) is 0 Å². The molecule has 8 heteroatoms. The van der Waals surface area contributed by atoms with E-state index < -0.39 is 10.0 Å². The van der Waals surface area contributed by atoms with Crippen LogP contribution in [0.15, 0.2) is 24.3 Å². The van der Waals surface area contributed by atoms with Crippen LogP contribution in [0.25, 0.3) is 5.69 Å². The minimum atomic E-state index is -3.21. The predicted octanol–water partition coefficient (Wildman–Crippen LogP) is 3.08. The first kappa shape index (κ1) is 22.7. The maximum absolute atomic E-state index is 14.0. The number of aromatic nitrogens is 1. The van der Waals surface area contributed by atoms with E-state index in [1.807, 2.05) is 30.5 Å². The number of piperidine rings is 1. The number of aryl methyl sites for hydroxylation is 2. The molecule has 6 nitrogen and oxygen atoms in total. The van der Waals surface area contributed by atoms with Crippen LogP contribution in [0.2, 0.25) is 0 Å². The van der Waals surface area contributed by atoms with Crippen LogP contribution in [-0.4, -0.2) is 67.0 Å². The molecule has 0 spiro atoms. The Kier molecular flexibility index (Phi) is 6.50. The summed E-state index contributed by atoms with van der Waals surface area (Å²) in [6, 6.07) is 6.93. The molecule has 1 fully saturated rings. The number of halogens is 1. The summed E-state index contributed by atoms with van der Waals surface area (Å²) in [4.78, 5) is 15.1. The Morgan fingerprint density at radius 3 is 2.37 bits per heavy atom. The van der Waals surface area contributed by atoms with Crippen molar-refractivity contribution in [2.75, 3.05) is 32.9 Å². The number of benzene rings is 1. The van der Waals surface area contributed by atoms with Crippen LogP contribution >= 0.6 is 0 Å². The van der Waals surface area contributed by atoms with Crippen LogP contribution in [0.3, 0.4) is 0 Å². The molecule has 0 radical (unpaired) electrons. The molecule has 3 rings (SSSR count). The minimum Gasteiger partial charge on any atom is -0.318 e. The van der Waals surface area contributed by atoms with Gasteiger partial charge < -0.3 is 4.57 Å². The lowest BCUT2D eigenvalue weighted by Gasteiger charge is -2.35. The quantitative estimate of drug-likeness (QED) is 0.655. The van der Waals surface area contributed by atoms with Gasteiger partial charge in [0.25, 0.3) is 0 Å². The molecule has 1 aliphatic rings. The van der Waals surface area contributed by atoms with Gasteiger partial charge in [-0.2, -0.15) is 0 Å². The Labute approximate surface area is 178 Å². The van der Waals surface area contributed by atoms with Crippen molar-refractivity contribution in [3.63, 3.8) is 0 Å². The number of Topliss-reactive ketones (excluding diaryl/α,β-unsaturated/α-hetero) is 1. The number of ketones is 1. The summed E-state index contributed by atoms with van der Waals surface area (Å²) in [5.41, 5.74) is 3.61. The Morgan fingerprint density at radius 1 is 1.17 bits per heavy atom. The van der Waals surface area contributed by atoms with E-state index in [4.69, 9.17) is 0 Å². The lowest BCUT2D eigenvalue weighted by Crippen LogP contribution is -2.46. The zero-order chi connectivity index (χ0) is 22.2. The van der Waals surface area contributed by atoms with Crippen LogP contribution < -0.4 is 0 Å². The first-order valence-corrected chi connectivity index (χ1v) is 12.0. The van der Waals surface area contributed by atoms with Crippen molar-refractivity contribution < 1.29 is 17.6 Å². The summed E-state index contributed by atoms with van der Waals surface area (Å²) < 4.78 is 40.8. The second-order valence-corrected chi connectivity index (χ2v) is 10.3. The van der Waals surface area contributed by atoms with Gasteiger partial charge in [0.2, 0.25) is 10.0 Å². The van der Waals surface area contributed by atoms with Crippen molar-refractivity contribution in [2.24, 2.45) is 0 Å². The van der Waals surface area contributed by atoms with E-state index in [1.165, 1.54) is 16.6 Å². The normalized spacial score (nSPS) is 16.4. The maximum atomic E-state index is 14.0. The third-order valence-corrected chi connectivity index (χ3v) is 7.45. The number of carbonyl (C=O) groups is 1. The van der Waals surface area contributed by atoms with Crippen molar-refractivity contribution in [2.45, 2.75) is 39.7 Å². The van der Waals surface area contributed by atoms with Crippen molar-refractivity contribution >= 4 is 15.8 Å². The SMILES string of the molecule is Cc1ccc(-n2c(C)cc(C(=O)CN3CCC(N(C)S(C)(=O)=O)CC3)c2C)cc1F. The molecule has 0 unspecified atom stereocenters. The second-order valence-electron chi connectivity index (χ2n) is 8.26. The van der Waals surface area contributed by atoms with Gasteiger partial charge >= 0.3 is 0 Å². The van der Waals surface area contributed by atoms with Gasteiger partial charge in [0.15, 0.2) is 5.78 Å². The third-order valence-electron chi connectivity index (χ3n) is 6.11. The zero-order valence-electron chi connectivity index (χ0n) is 18.3. The van der Waals surface area contributed by atoms with Gasteiger partial charge in [0.05, 0.1) is 12.8 Å². The average Bonchev–Trinajstić information content (AvgIpc) is 2.98. The van der Waals surface area contributed by atoms with E-state index in [0.717, 1.165) is 11.4 Å². The van der Waals surface area contributed by atoms with Crippen molar-refractivity contribution in [3.8, 4) is 5.69 Å². The highest BCUT2D eigenvalue weighted by Crippen LogP contribution is 2.24. The molecule has 0 saturated carbocycles. The van der Waals surface area contributed by atoms with E-state index in [-0.39, 0.29) is 17.6 Å². The monoisotopic (exact) mass is 435 g/mol. The Balaban J connectivity index is 1.71. The van der Waals surface area contributed by atoms with Gasteiger partial charge in [-0.25, -0.2) is 17.1 Å². The van der Waals surface area contributed by atoms with Crippen LogP contribution in [-0.2, 0) is 10.0 Å². The summed E-state index contributed by atoms with van der Waals surface area (Å²) in [7, 11) is -1.59. The summed E-state index contributed by atoms with van der Waals surface area (Å²) in [6.45, 7) is 7.16. The number of rotatable bonds is 6. The predicted molar refractivity (Wildman–Crippen MR) is 116 cm³/mol. The van der Waals surface area contributed by atoms with Gasteiger partial charge in [-0.15, -0.1) is 0 Å². The molecule has 164 valence electrons. The minimum absolute atomic E-state index is 0.0205. The largest absolute Gasteiger partial charge is 0.318 e. The fourth-order valence-corrected chi connectivity index (χ4v) is 4.92. The molecule has 2 aromatic rings. The average molecular weight is 436 g/mol. The summed E-state index contributed by atoms with van der Waals surface area (Å²) in [6.07, 6.45) is 2.63. The zero-order valence-corrected chi connectivity index (χ0v) is 19.1. The number of nitrogens with zero attached hydrogens (tertiary/aromatic N) is 3. The second kappa shape index (κ2) is 8.61. The number of carbonyl (C=O) groups excluding carboxylic acids is 1. The molecule has 0 atom stereocenters. The van der Waals surface area contributed by atoms with E-state index in [2.05, 4.69) is 4.90 Å². The Bertz CT molecular complexity index is 1050. The number of sulfonamides is 1. The Hall–Kier alpha value is -2.03. The molecule has 0 aliphatic carbocycles. The number of likely N-dealkylation sites (tertiary alicyclic amines) is 1. The molecule has 1 aromatic heterocycles. The topological polar surface area (TPSA) is 62.6 Å². The highest BCUT2D eigenvalue weighted by Gasteiger charge is 2.28. The molecule has 0 bridgehead atoms. The number of hydrogen-bond donors (Lipinski definition) is 0. The standard InChI is InChI=1S/C22H30FN3O3S/c1-15-6-7-19(13-21(15)23)26-16(2)12-20(17(26)3)22(27)14-25-10-8-18(9-11-25)24(4)30(5,28)29/h6-7,12-13,18H,8-11,14H2,1-5H3. The lowest BCUT2D eigenvalue weighted by atomic mass is 10.0. The van der Waals surface area contributed by atoms with E-state index >= 15 is 0 Å². The molecule has 1 aliphatic heterocycles. The van der Waals surface area contributed by atoms with Crippen LogP contribution in [0, 0.1) is 26.6 Å². The van der Waals surface area contributed by atoms with Gasteiger partial charge in [-0.1, -0.05) is 6.07 Å². The summed E-state index contributed by atoms with van der Waals surface area (Å²) in [5.74, 6) is -0.244. The number of hydrogen-bond acceptors (Lipinski definition) is 4. The highest BCUT2D eigenvalue weighted by atomic mass is 32.2. The highest BCUT2D eigenvalue weighted by molar-refractivity contribution is 7.88. The first-order valence-electron chi connectivity index (χ1n) is 10.1.